The number of aldehydes is 1. The molecule has 21 heteroatoms. The molecule has 0 saturated carbocycles. The van der Waals surface area contributed by atoms with Crippen molar-refractivity contribution in [3.05, 3.63) is 173 Å². The Kier molecular flexibility index (Phi) is 44.3. The first-order valence-corrected chi connectivity index (χ1v) is 28.4. The van der Waals surface area contributed by atoms with Crippen molar-refractivity contribution in [3.8, 4) is 5.75 Å². The van der Waals surface area contributed by atoms with E-state index in [1.807, 2.05) is 133 Å². The zero-order valence-corrected chi connectivity index (χ0v) is 54.5. The number of ketones is 7. The van der Waals surface area contributed by atoms with Crippen LogP contribution < -0.4 is 4.74 Å². The van der Waals surface area contributed by atoms with Crippen molar-refractivity contribution in [1.82, 2.24) is 0 Å². The summed E-state index contributed by atoms with van der Waals surface area (Å²) in [7, 11) is 7.73. The van der Waals surface area contributed by atoms with Crippen LogP contribution in [0.15, 0.2) is 146 Å². The topological polar surface area (TPSA) is 287 Å². The van der Waals surface area contributed by atoms with E-state index in [2.05, 4.69) is 28.4 Å². The molecular weight excluding hydrogens is 1180 g/mol. The summed E-state index contributed by atoms with van der Waals surface area (Å²) in [5.41, 5.74) is 5.30. The van der Waals surface area contributed by atoms with Crippen molar-refractivity contribution in [1.29, 1.82) is 0 Å². The normalized spacial score (nSPS) is 10.3. The van der Waals surface area contributed by atoms with Crippen LogP contribution >= 0.6 is 11.6 Å². The number of hydrogen-bond donors (Lipinski definition) is 0. The van der Waals surface area contributed by atoms with E-state index in [-0.39, 0.29) is 84.6 Å². The van der Waals surface area contributed by atoms with Gasteiger partial charge in [-0.25, -0.2) is 4.79 Å². The zero-order valence-electron chi connectivity index (χ0n) is 53.7. The summed E-state index contributed by atoms with van der Waals surface area (Å²) in [6, 6.07) is 46.8. The number of ether oxygens (including phenoxy) is 7. The number of esters is 5. The van der Waals surface area contributed by atoms with Crippen LogP contribution in [0.25, 0.3) is 0 Å². The van der Waals surface area contributed by atoms with Crippen molar-refractivity contribution in [2.75, 3.05) is 42.7 Å². The average Bonchev–Trinajstić information content (AvgIpc) is 3.73. The second-order valence-electron chi connectivity index (χ2n) is 19.5. The van der Waals surface area contributed by atoms with Gasteiger partial charge in [-0.05, 0) is 101 Å². The maximum atomic E-state index is 11.7. The molecule has 1 atom stereocenters. The predicted molar refractivity (Wildman–Crippen MR) is 337 cm³/mol. The van der Waals surface area contributed by atoms with Gasteiger partial charge in [-0.1, -0.05) is 133 Å². The zero-order chi connectivity index (χ0) is 68.8. The second-order valence-corrected chi connectivity index (χ2v) is 19.9. The lowest BCUT2D eigenvalue weighted by molar-refractivity contribution is -0.186. The van der Waals surface area contributed by atoms with Gasteiger partial charge in [0.25, 0.3) is 0 Å². The van der Waals surface area contributed by atoms with Gasteiger partial charge in [0.1, 0.15) is 46.9 Å². The molecule has 0 heterocycles. The lowest BCUT2D eigenvalue weighted by Gasteiger charge is -2.17. The number of hydrogen-bond acceptors (Lipinski definition) is 20. The molecule has 0 amide bonds. The molecule has 0 radical (unpaired) electrons. The first kappa shape index (κ1) is 83.1. The largest absolute Gasteiger partial charge is 0.469 e. The number of aryl methyl sites for hydroxylation is 1. The van der Waals surface area contributed by atoms with Gasteiger partial charge in [0, 0.05) is 40.4 Å². The van der Waals surface area contributed by atoms with Crippen LogP contribution in [0.3, 0.4) is 0 Å². The Hall–Kier alpha value is -8.98. The smallest absolute Gasteiger partial charge is 0.331 e. The summed E-state index contributed by atoms with van der Waals surface area (Å²) in [6.07, 6.45) is 1.98. The monoisotopic (exact) mass is 1270 g/mol. The van der Waals surface area contributed by atoms with Crippen LogP contribution in [0.2, 0.25) is 0 Å². The third-order valence-electron chi connectivity index (χ3n) is 12.3. The Labute approximate surface area is 532 Å². The van der Waals surface area contributed by atoms with E-state index in [4.69, 9.17) is 16.3 Å². The number of rotatable bonds is 25. The lowest BCUT2D eigenvalue weighted by Crippen LogP contribution is -2.30. The summed E-state index contributed by atoms with van der Waals surface area (Å²) in [6.45, 7) is 11.7. The standard InChI is InChI=1S/2C15H14O.C12H14O3.C9H14O4.C8H12O5.C5H7ClO3.C5H10O3/c2*1-12(16)15(13-8-4-2-5-9-13)14-10-6-3-7-11-14;1-9(13)3-4-11-5-7-12(8-6-11)15-10(2)14;1-6(10)8(7(2)11)4-5-9(12)13-3;1-12-7(10)4-3-6(9)5-8(11)13-2;1-3(7)4(6)5(8)9-2;1-5(4-6,7-2)8-3/h2*2-11,15H,1H3;5-8H,3-4H2,1-2H3;8H,4-5H2,1-3H3;3-5H2,1-2H3;4H,1-2H3;4H,1-3H3. The highest BCUT2D eigenvalue weighted by Crippen LogP contribution is 2.26. The number of carbonyl (C=O) groups is 13. The van der Waals surface area contributed by atoms with E-state index in [1.165, 1.54) is 70.4 Å². The quantitative estimate of drug-likeness (QED) is 0.00998. The summed E-state index contributed by atoms with van der Waals surface area (Å²) < 4.78 is 31.4. The van der Waals surface area contributed by atoms with E-state index in [9.17, 15) is 62.3 Å². The first-order chi connectivity index (χ1) is 42.5. The Morgan fingerprint density at radius 3 is 1.07 bits per heavy atom. The van der Waals surface area contributed by atoms with Gasteiger partial charge in [0.2, 0.25) is 5.79 Å². The van der Waals surface area contributed by atoms with Gasteiger partial charge in [0.05, 0.1) is 52.6 Å². The van der Waals surface area contributed by atoms with Crippen molar-refractivity contribution in [2.45, 2.75) is 123 Å². The van der Waals surface area contributed by atoms with Crippen LogP contribution in [0.4, 0.5) is 0 Å². The molecule has 90 heavy (non-hydrogen) atoms. The maximum absolute atomic E-state index is 11.7. The molecule has 20 nitrogen and oxygen atoms in total. The number of methoxy groups -OCH3 is 6. The highest BCUT2D eigenvalue weighted by Gasteiger charge is 2.23. The molecule has 0 aliphatic heterocycles. The number of carbonyl (C=O) groups excluding carboxylic acids is 13. The fourth-order valence-corrected chi connectivity index (χ4v) is 7.38. The lowest BCUT2D eigenvalue weighted by atomic mass is 9.88. The van der Waals surface area contributed by atoms with Gasteiger partial charge in [-0.3, -0.25) is 52.7 Å². The molecule has 5 rings (SSSR count). The molecule has 0 saturated heterocycles. The molecular formula is C69H85ClO20. The van der Waals surface area contributed by atoms with Crippen LogP contribution in [0.5, 0.6) is 5.75 Å². The van der Waals surface area contributed by atoms with Crippen molar-refractivity contribution in [2.24, 2.45) is 5.92 Å². The minimum atomic E-state index is -1.14. The average molecular weight is 1270 g/mol. The Morgan fingerprint density at radius 1 is 0.444 bits per heavy atom. The number of Topliss-reactive ketones (excluding diaryl/α,β-unsaturated/α-hetero) is 7. The molecule has 1 unspecified atom stereocenters. The van der Waals surface area contributed by atoms with Crippen LogP contribution in [-0.2, 0) is 97.2 Å². The van der Waals surface area contributed by atoms with E-state index in [0.717, 1.165) is 34.2 Å². The van der Waals surface area contributed by atoms with Gasteiger partial charge in [-0.2, -0.15) is 0 Å². The molecule has 0 aromatic heterocycles. The van der Waals surface area contributed by atoms with Crippen molar-refractivity contribution in [3.63, 3.8) is 0 Å². The molecule has 0 fully saturated rings. The van der Waals surface area contributed by atoms with Crippen molar-refractivity contribution >= 4 is 88.2 Å². The molecule has 0 bridgehead atoms. The molecule has 5 aromatic rings. The fraction of sp³-hybridized carbons (Fsp3) is 0.377. The second kappa shape index (κ2) is 48.0. The fourth-order valence-electron chi connectivity index (χ4n) is 7.29. The van der Waals surface area contributed by atoms with E-state index < -0.39 is 46.7 Å². The minimum Gasteiger partial charge on any atom is -0.469 e. The molecule has 0 N–H and O–H groups in total. The van der Waals surface area contributed by atoms with E-state index in [1.54, 1.807) is 39.8 Å². The third-order valence-corrected chi connectivity index (χ3v) is 12.8. The highest BCUT2D eigenvalue weighted by molar-refractivity contribution is 6.40. The SMILES string of the molecule is CC(=O)C(c1ccccc1)c1ccccc1.CC(=O)C(c1ccccc1)c1ccccc1.CC(=O)CCc1ccc(OC(C)=O)cc1.COC(=O)C(Cl)C(C)=O.COC(=O)CCC(=O)CC(=O)OC.COC(=O)CCC(C(C)=O)C(C)=O.COC(C)(C=O)OC. The van der Waals surface area contributed by atoms with Crippen LogP contribution in [0.1, 0.15) is 134 Å². The van der Waals surface area contributed by atoms with Gasteiger partial charge < -0.3 is 38.0 Å². The van der Waals surface area contributed by atoms with Crippen LogP contribution in [-0.4, -0.2) is 130 Å². The maximum Gasteiger partial charge on any atom is 0.331 e. The third kappa shape index (κ3) is 37.7. The van der Waals surface area contributed by atoms with Gasteiger partial charge >= 0.3 is 29.8 Å². The predicted octanol–water partition coefficient (Wildman–Crippen LogP) is 10.3. The summed E-state index contributed by atoms with van der Waals surface area (Å²) >= 11 is 5.24. The van der Waals surface area contributed by atoms with E-state index >= 15 is 0 Å². The molecule has 5 aromatic carbocycles. The number of alkyl halides is 1. The Morgan fingerprint density at radius 2 is 0.811 bits per heavy atom. The van der Waals surface area contributed by atoms with E-state index in [0.29, 0.717) is 18.5 Å². The molecule has 0 aliphatic rings. The van der Waals surface area contributed by atoms with Gasteiger partial charge in [0.15, 0.2) is 17.4 Å². The minimum absolute atomic E-state index is 0.00628. The Bertz CT molecular complexity index is 2810. The molecule has 0 aliphatic carbocycles. The molecule has 488 valence electrons. The summed E-state index contributed by atoms with van der Waals surface area (Å²) in [5.74, 6) is -4.50. The highest BCUT2D eigenvalue weighted by atomic mass is 35.5. The van der Waals surface area contributed by atoms with Gasteiger partial charge in [-0.15, -0.1) is 11.6 Å². The summed E-state index contributed by atoms with van der Waals surface area (Å²) in [5, 5.41) is -1.14. The Balaban J connectivity index is 0. The van der Waals surface area contributed by atoms with Crippen LogP contribution in [0, 0.1) is 5.92 Å². The first-order valence-electron chi connectivity index (χ1n) is 28.0. The number of halogens is 1. The molecule has 0 spiro atoms. The van der Waals surface area contributed by atoms with Crippen molar-refractivity contribution < 1.29 is 95.5 Å². The summed E-state index contributed by atoms with van der Waals surface area (Å²) in [4.78, 5) is 140. The number of benzene rings is 5.